The number of nitrogen functional groups attached to an aromatic ring is 2. The number of hydrogen-bond acceptors (Lipinski definition) is 4. The van der Waals surface area contributed by atoms with Crippen molar-refractivity contribution in [2.24, 2.45) is 5.84 Å². The molecule has 4 nitrogen and oxygen atoms in total. The normalized spacial score (nSPS) is 9.77. The van der Waals surface area contributed by atoms with Crippen LogP contribution in [-0.2, 0) is 0 Å². The van der Waals surface area contributed by atoms with Gasteiger partial charge in [0, 0.05) is 6.07 Å². The molecular weight excluding hydrogens is 197 g/mol. The van der Waals surface area contributed by atoms with Gasteiger partial charge in [0.25, 0.3) is 5.24 Å². The average Bonchev–Trinajstić information content (AvgIpc) is 2.07. The molecule has 0 amide bonds. The van der Waals surface area contributed by atoms with Crippen LogP contribution in [0.4, 0.5) is 15.8 Å². The molecule has 0 aliphatic rings. The number of carbonyl (C=O) groups is 1. The summed E-state index contributed by atoms with van der Waals surface area (Å²) in [6.45, 7) is 0. The van der Waals surface area contributed by atoms with Crippen LogP contribution < -0.4 is 17.0 Å². The molecule has 0 aliphatic carbocycles. The molecule has 5 N–H and O–H groups in total. The topological polar surface area (TPSA) is 81.1 Å². The quantitative estimate of drug-likeness (QED) is 0.291. The summed E-state index contributed by atoms with van der Waals surface area (Å²) < 4.78 is 13.0. The summed E-state index contributed by atoms with van der Waals surface area (Å²) in [5.74, 6) is 4.27. The third-order valence-corrected chi connectivity index (χ3v) is 1.71. The van der Waals surface area contributed by atoms with Crippen molar-refractivity contribution >= 4 is 28.2 Å². The van der Waals surface area contributed by atoms with E-state index in [0.717, 1.165) is 12.1 Å². The second-order valence-corrected chi connectivity index (χ2v) is 2.68. The number of hydrazine groups is 1. The largest absolute Gasteiger partial charge is 0.397 e. The van der Waals surface area contributed by atoms with Crippen molar-refractivity contribution in [2.45, 2.75) is 0 Å². The van der Waals surface area contributed by atoms with E-state index in [-0.39, 0.29) is 16.9 Å². The first-order valence-electron chi connectivity index (χ1n) is 3.31. The number of halogens is 2. The van der Waals surface area contributed by atoms with Gasteiger partial charge in [0.2, 0.25) is 0 Å². The number of rotatable bonds is 2. The molecular formula is C7H7ClFN3O. The minimum absolute atomic E-state index is 0.160. The third kappa shape index (κ3) is 1.88. The second-order valence-electron chi connectivity index (χ2n) is 2.34. The fraction of sp³-hybridized carbons (Fsp3) is 0. The highest BCUT2D eigenvalue weighted by Gasteiger charge is 2.11. The maximum atomic E-state index is 13.0. The second kappa shape index (κ2) is 3.59. The zero-order chi connectivity index (χ0) is 10.0. The number of nitrogens with one attached hydrogen (secondary N) is 1. The SMILES string of the molecule is NNc1cc(F)c(C(=O)Cl)cc1N. The van der Waals surface area contributed by atoms with Crippen molar-refractivity contribution < 1.29 is 9.18 Å². The van der Waals surface area contributed by atoms with Crippen molar-refractivity contribution in [1.29, 1.82) is 0 Å². The van der Waals surface area contributed by atoms with Crippen LogP contribution in [0.25, 0.3) is 0 Å². The highest BCUT2D eigenvalue weighted by Crippen LogP contribution is 2.22. The maximum Gasteiger partial charge on any atom is 0.255 e. The lowest BCUT2D eigenvalue weighted by atomic mass is 10.2. The first kappa shape index (κ1) is 9.76. The minimum Gasteiger partial charge on any atom is -0.397 e. The molecule has 0 radical (unpaired) electrons. The van der Waals surface area contributed by atoms with E-state index in [2.05, 4.69) is 5.43 Å². The fourth-order valence-electron chi connectivity index (χ4n) is 0.866. The predicted molar refractivity (Wildman–Crippen MR) is 48.8 cm³/mol. The zero-order valence-corrected chi connectivity index (χ0v) is 7.23. The molecule has 1 rings (SSSR count). The van der Waals surface area contributed by atoms with Gasteiger partial charge in [0.1, 0.15) is 5.82 Å². The predicted octanol–water partition coefficient (Wildman–Crippen LogP) is 1.07. The number of benzene rings is 1. The smallest absolute Gasteiger partial charge is 0.255 e. The summed E-state index contributed by atoms with van der Waals surface area (Å²) in [7, 11) is 0. The van der Waals surface area contributed by atoms with E-state index < -0.39 is 11.1 Å². The van der Waals surface area contributed by atoms with Crippen LogP contribution in [0.1, 0.15) is 10.4 Å². The molecule has 0 unspecified atom stereocenters. The van der Waals surface area contributed by atoms with Gasteiger partial charge in [-0.05, 0) is 17.7 Å². The molecule has 6 heteroatoms. The van der Waals surface area contributed by atoms with Gasteiger partial charge in [-0.15, -0.1) is 0 Å². The van der Waals surface area contributed by atoms with Crippen molar-refractivity contribution in [3.05, 3.63) is 23.5 Å². The van der Waals surface area contributed by atoms with Gasteiger partial charge in [0.15, 0.2) is 0 Å². The molecule has 1 aromatic rings. The zero-order valence-electron chi connectivity index (χ0n) is 6.47. The van der Waals surface area contributed by atoms with Crippen LogP contribution in [-0.4, -0.2) is 5.24 Å². The summed E-state index contributed by atoms with van der Waals surface area (Å²) in [4.78, 5) is 10.6. The molecule has 0 fully saturated rings. The molecule has 0 saturated carbocycles. The molecule has 0 aliphatic heterocycles. The molecule has 13 heavy (non-hydrogen) atoms. The summed E-state index contributed by atoms with van der Waals surface area (Å²) >= 11 is 5.09. The lowest BCUT2D eigenvalue weighted by Crippen LogP contribution is -2.10. The van der Waals surface area contributed by atoms with Gasteiger partial charge in [0.05, 0.1) is 16.9 Å². The van der Waals surface area contributed by atoms with E-state index >= 15 is 0 Å². The van der Waals surface area contributed by atoms with Gasteiger partial charge in [-0.3, -0.25) is 10.6 Å². The molecule has 0 spiro atoms. The molecule has 0 bridgehead atoms. The lowest BCUT2D eigenvalue weighted by molar-refractivity contribution is 0.107. The maximum absolute atomic E-state index is 13.0. The van der Waals surface area contributed by atoms with Crippen LogP contribution >= 0.6 is 11.6 Å². The first-order chi connectivity index (χ1) is 6.06. The van der Waals surface area contributed by atoms with Gasteiger partial charge in [-0.2, -0.15) is 0 Å². The average molecular weight is 204 g/mol. The van der Waals surface area contributed by atoms with Crippen LogP contribution in [0.2, 0.25) is 0 Å². The van der Waals surface area contributed by atoms with Gasteiger partial charge < -0.3 is 11.2 Å². The Balaban J connectivity index is 3.28. The number of nitrogens with two attached hydrogens (primary N) is 2. The number of carbonyl (C=O) groups excluding carboxylic acids is 1. The van der Waals surface area contributed by atoms with E-state index in [1.807, 2.05) is 0 Å². The van der Waals surface area contributed by atoms with Crippen LogP contribution in [0.15, 0.2) is 12.1 Å². The Bertz CT molecular complexity index is 356. The Morgan fingerprint density at radius 1 is 1.54 bits per heavy atom. The van der Waals surface area contributed by atoms with Crippen LogP contribution in [0.5, 0.6) is 0 Å². The molecule has 0 aromatic heterocycles. The highest BCUT2D eigenvalue weighted by molar-refractivity contribution is 6.67. The van der Waals surface area contributed by atoms with Gasteiger partial charge >= 0.3 is 0 Å². The fourth-order valence-corrected chi connectivity index (χ4v) is 1.01. The molecule has 0 saturated heterocycles. The van der Waals surface area contributed by atoms with Crippen molar-refractivity contribution in [3.63, 3.8) is 0 Å². The Morgan fingerprint density at radius 3 is 2.62 bits per heavy atom. The van der Waals surface area contributed by atoms with Crippen LogP contribution in [0.3, 0.4) is 0 Å². The first-order valence-corrected chi connectivity index (χ1v) is 3.69. The van der Waals surface area contributed by atoms with E-state index in [0.29, 0.717) is 0 Å². The lowest BCUT2D eigenvalue weighted by Gasteiger charge is -2.06. The molecule has 1 aromatic carbocycles. The van der Waals surface area contributed by atoms with Gasteiger partial charge in [-0.1, -0.05) is 0 Å². The monoisotopic (exact) mass is 203 g/mol. The third-order valence-electron chi connectivity index (χ3n) is 1.51. The standard InChI is InChI=1S/C7H7ClFN3O/c8-7(13)3-1-5(10)6(12-11)2-4(3)9/h1-2,12H,10-11H2. The van der Waals surface area contributed by atoms with Gasteiger partial charge in [-0.25, -0.2) is 4.39 Å². The Morgan fingerprint density at radius 2 is 2.15 bits per heavy atom. The number of hydrogen-bond donors (Lipinski definition) is 3. The summed E-state index contributed by atoms with van der Waals surface area (Å²) in [6.07, 6.45) is 0. The summed E-state index contributed by atoms with van der Waals surface area (Å²) in [6, 6.07) is 2.13. The highest BCUT2D eigenvalue weighted by atomic mass is 35.5. The minimum atomic E-state index is -0.896. The molecule has 0 atom stereocenters. The van der Waals surface area contributed by atoms with E-state index in [9.17, 15) is 9.18 Å². The van der Waals surface area contributed by atoms with E-state index in [1.54, 1.807) is 0 Å². The summed E-state index contributed by atoms with van der Waals surface area (Å²) in [5.41, 5.74) is 7.70. The number of anilines is 2. The van der Waals surface area contributed by atoms with E-state index in [1.165, 1.54) is 0 Å². The Kier molecular flexibility index (Phi) is 2.69. The van der Waals surface area contributed by atoms with E-state index in [4.69, 9.17) is 23.2 Å². The molecule has 0 heterocycles. The Labute approximate surface area is 78.6 Å². The Hall–Kier alpha value is -1.33. The van der Waals surface area contributed by atoms with Crippen molar-refractivity contribution in [2.75, 3.05) is 11.2 Å². The molecule has 70 valence electrons. The van der Waals surface area contributed by atoms with Crippen molar-refractivity contribution in [1.82, 2.24) is 0 Å². The van der Waals surface area contributed by atoms with Crippen molar-refractivity contribution in [3.8, 4) is 0 Å². The summed E-state index contributed by atoms with van der Waals surface area (Å²) in [5, 5.41) is -0.896. The van der Waals surface area contributed by atoms with Crippen LogP contribution in [0, 0.1) is 5.82 Å².